The minimum Gasteiger partial charge on any atom is -0.497 e. The first kappa shape index (κ1) is 18.2. The van der Waals surface area contributed by atoms with Gasteiger partial charge >= 0.3 is 0 Å². The Kier molecular flexibility index (Phi) is 5.37. The predicted octanol–water partition coefficient (Wildman–Crippen LogP) is 4.21. The van der Waals surface area contributed by atoms with Crippen molar-refractivity contribution < 1.29 is 9.47 Å². The van der Waals surface area contributed by atoms with E-state index in [2.05, 4.69) is 15.1 Å². The fourth-order valence-corrected chi connectivity index (χ4v) is 3.44. The van der Waals surface area contributed by atoms with E-state index in [1.54, 1.807) is 14.2 Å². The van der Waals surface area contributed by atoms with Gasteiger partial charge < -0.3 is 14.4 Å². The third-order valence-electron chi connectivity index (χ3n) is 5.04. The van der Waals surface area contributed by atoms with Crippen molar-refractivity contribution in [1.29, 1.82) is 0 Å². The minimum atomic E-state index is 0.697. The Labute approximate surface area is 165 Å². The summed E-state index contributed by atoms with van der Waals surface area (Å²) in [6.07, 6.45) is 3.60. The molecule has 28 heavy (non-hydrogen) atoms. The second-order valence-corrected chi connectivity index (χ2v) is 6.81. The topological polar surface area (TPSA) is 60.4 Å². The maximum absolute atomic E-state index is 5.29. The van der Waals surface area contributed by atoms with Gasteiger partial charge in [0.1, 0.15) is 22.9 Å². The lowest BCUT2D eigenvalue weighted by molar-refractivity contribution is 0.414. The van der Waals surface area contributed by atoms with E-state index in [4.69, 9.17) is 14.5 Å². The molecule has 0 amide bonds. The quantitative estimate of drug-likeness (QED) is 0.665. The molecule has 0 radical (unpaired) electrons. The van der Waals surface area contributed by atoms with Crippen molar-refractivity contribution in [1.82, 2.24) is 15.2 Å². The van der Waals surface area contributed by atoms with Crippen LogP contribution in [0.2, 0.25) is 0 Å². The normalized spacial score (nSPS) is 14.0. The van der Waals surface area contributed by atoms with Gasteiger partial charge in [0.2, 0.25) is 5.95 Å². The molecule has 144 valence electrons. The molecule has 1 aliphatic heterocycles. The minimum absolute atomic E-state index is 0.697. The predicted molar refractivity (Wildman–Crippen MR) is 110 cm³/mol. The molecule has 1 saturated heterocycles. The van der Waals surface area contributed by atoms with Crippen LogP contribution in [0, 0.1) is 0 Å². The van der Waals surface area contributed by atoms with Crippen molar-refractivity contribution in [3.8, 4) is 34.0 Å². The van der Waals surface area contributed by atoms with Crippen molar-refractivity contribution in [2.24, 2.45) is 0 Å². The molecule has 0 spiro atoms. The second-order valence-electron chi connectivity index (χ2n) is 6.81. The van der Waals surface area contributed by atoms with E-state index in [9.17, 15) is 0 Å². The lowest BCUT2D eigenvalue weighted by Gasteiger charge is -2.26. The highest BCUT2D eigenvalue weighted by Gasteiger charge is 2.19. The first-order valence-corrected chi connectivity index (χ1v) is 9.57. The largest absolute Gasteiger partial charge is 0.497 e. The molecule has 1 aromatic heterocycles. The zero-order chi connectivity index (χ0) is 19.3. The number of piperidine rings is 1. The highest BCUT2D eigenvalue weighted by Crippen LogP contribution is 2.32. The smallest absolute Gasteiger partial charge is 0.245 e. The average Bonchev–Trinajstić information content (AvgIpc) is 2.79. The Morgan fingerprint density at radius 1 is 0.679 bits per heavy atom. The molecular formula is C22H24N4O2. The molecule has 2 aromatic carbocycles. The van der Waals surface area contributed by atoms with Gasteiger partial charge in [0.15, 0.2) is 0 Å². The van der Waals surface area contributed by atoms with Crippen LogP contribution in [0.4, 0.5) is 5.95 Å². The van der Waals surface area contributed by atoms with Gasteiger partial charge in [-0.05, 0) is 67.8 Å². The summed E-state index contributed by atoms with van der Waals surface area (Å²) in [4.78, 5) is 7.14. The number of benzene rings is 2. The Morgan fingerprint density at radius 3 is 1.75 bits per heavy atom. The fraction of sp³-hybridized carbons (Fsp3) is 0.318. The van der Waals surface area contributed by atoms with Crippen LogP contribution in [0.1, 0.15) is 19.3 Å². The number of aromatic nitrogens is 3. The number of rotatable bonds is 5. The first-order valence-electron chi connectivity index (χ1n) is 9.57. The number of nitrogens with zero attached hydrogens (tertiary/aromatic N) is 4. The second kappa shape index (κ2) is 8.25. The van der Waals surface area contributed by atoms with E-state index in [0.717, 1.165) is 47.1 Å². The van der Waals surface area contributed by atoms with Crippen LogP contribution in [0.25, 0.3) is 22.5 Å². The molecule has 0 bridgehead atoms. The van der Waals surface area contributed by atoms with Gasteiger partial charge in [-0.1, -0.05) is 0 Å². The fourth-order valence-electron chi connectivity index (χ4n) is 3.44. The molecular weight excluding hydrogens is 352 g/mol. The Morgan fingerprint density at radius 2 is 1.21 bits per heavy atom. The summed E-state index contributed by atoms with van der Waals surface area (Å²) in [5.74, 6) is 2.32. The summed E-state index contributed by atoms with van der Waals surface area (Å²) in [7, 11) is 3.32. The van der Waals surface area contributed by atoms with E-state index in [0.29, 0.717) is 5.95 Å². The zero-order valence-corrected chi connectivity index (χ0v) is 16.3. The average molecular weight is 376 g/mol. The highest BCUT2D eigenvalue weighted by atomic mass is 16.5. The Hall–Kier alpha value is -3.15. The molecule has 0 aliphatic carbocycles. The lowest BCUT2D eigenvalue weighted by atomic mass is 10.0. The van der Waals surface area contributed by atoms with Crippen molar-refractivity contribution in [2.75, 3.05) is 32.2 Å². The number of ether oxygens (including phenoxy) is 2. The summed E-state index contributed by atoms with van der Waals surface area (Å²) in [6.45, 7) is 1.96. The molecule has 3 aromatic rings. The zero-order valence-electron chi connectivity index (χ0n) is 16.3. The van der Waals surface area contributed by atoms with E-state index < -0.39 is 0 Å². The van der Waals surface area contributed by atoms with Crippen molar-refractivity contribution in [3.63, 3.8) is 0 Å². The van der Waals surface area contributed by atoms with E-state index in [1.165, 1.54) is 19.3 Å². The number of anilines is 1. The highest BCUT2D eigenvalue weighted by molar-refractivity contribution is 5.78. The Balaban J connectivity index is 1.78. The number of methoxy groups -OCH3 is 2. The van der Waals surface area contributed by atoms with E-state index in [1.807, 2.05) is 48.5 Å². The van der Waals surface area contributed by atoms with Gasteiger partial charge in [0.05, 0.1) is 14.2 Å². The molecule has 4 rings (SSSR count). The van der Waals surface area contributed by atoms with Crippen molar-refractivity contribution in [2.45, 2.75) is 19.3 Å². The standard InChI is InChI=1S/C22H24N4O2/c1-27-18-10-6-16(7-11-18)20-21(17-8-12-19(28-2)13-9-17)24-25-22(23-20)26-14-4-3-5-15-26/h6-13H,3-5,14-15H2,1-2H3. The van der Waals surface area contributed by atoms with Crippen LogP contribution in [0.5, 0.6) is 11.5 Å². The van der Waals surface area contributed by atoms with Crippen LogP contribution < -0.4 is 14.4 Å². The third-order valence-corrected chi connectivity index (χ3v) is 5.04. The summed E-state index contributed by atoms with van der Waals surface area (Å²) >= 11 is 0. The van der Waals surface area contributed by atoms with Gasteiger partial charge in [-0.25, -0.2) is 4.98 Å². The van der Waals surface area contributed by atoms with Crippen molar-refractivity contribution >= 4 is 5.95 Å². The van der Waals surface area contributed by atoms with Crippen LogP contribution in [0.15, 0.2) is 48.5 Å². The van der Waals surface area contributed by atoms with E-state index >= 15 is 0 Å². The number of hydrogen-bond acceptors (Lipinski definition) is 6. The summed E-state index contributed by atoms with van der Waals surface area (Å²) < 4.78 is 10.6. The third kappa shape index (κ3) is 3.76. The number of hydrogen-bond donors (Lipinski definition) is 0. The molecule has 6 nitrogen and oxygen atoms in total. The van der Waals surface area contributed by atoms with Gasteiger partial charge in [0.25, 0.3) is 0 Å². The monoisotopic (exact) mass is 376 g/mol. The van der Waals surface area contributed by atoms with E-state index in [-0.39, 0.29) is 0 Å². The molecule has 1 aliphatic rings. The molecule has 2 heterocycles. The summed E-state index contributed by atoms with van der Waals surface area (Å²) in [5, 5.41) is 9.02. The van der Waals surface area contributed by atoms with Gasteiger partial charge in [-0.2, -0.15) is 0 Å². The lowest BCUT2D eigenvalue weighted by Crippen LogP contribution is -2.31. The van der Waals surface area contributed by atoms with Gasteiger partial charge in [0, 0.05) is 24.2 Å². The SMILES string of the molecule is COc1ccc(-c2nnc(N3CCCCC3)nc2-c2ccc(OC)cc2)cc1. The maximum Gasteiger partial charge on any atom is 0.245 e. The van der Waals surface area contributed by atoms with Crippen LogP contribution in [-0.4, -0.2) is 42.5 Å². The summed E-state index contributed by atoms with van der Waals surface area (Å²) in [6, 6.07) is 15.7. The Bertz CT molecular complexity index is 920. The van der Waals surface area contributed by atoms with Gasteiger partial charge in [-0.3, -0.25) is 0 Å². The van der Waals surface area contributed by atoms with Crippen LogP contribution in [0.3, 0.4) is 0 Å². The van der Waals surface area contributed by atoms with Crippen LogP contribution >= 0.6 is 0 Å². The van der Waals surface area contributed by atoms with Crippen molar-refractivity contribution in [3.05, 3.63) is 48.5 Å². The van der Waals surface area contributed by atoms with Crippen LogP contribution in [-0.2, 0) is 0 Å². The molecule has 0 saturated carbocycles. The van der Waals surface area contributed by atoms with Gasteiger partial charge in [-0.15, -0.1) is 10.2 Å². The summed E-state index contributed by atoms with van der Waals surface area (Å²) in [5.41, 5.74) is 3.52. The first-order chi connectivity index (χ1) is 13.8. The molecule has 0 N–H and O–H groups in total. The molecule has 0 unspecified atom stereocenters. The molecule has 1 fully saturated rings. The molecule has 0 atom stereocenters. The molecule has 6 heteroatoms. The maximum atomic E-state index is 5.29.